The van der Waals surface area contributed by atoms with Crippen molar-refractivity contribution < 1.29 is 0 Å². The summed E-state index contributed by atoms with van der Waals surface area (Å²) in [5.74, 6) is 1.65. The highest BCUT2D eigenvalue weighted by Gasteiger charge is 2.06. The van der Waals surface area contributed by atoms with Crippen molar-refractivity contribution >= 4 is 5.95 Å². The highest BCUT2D eigenvalue weighted by atomic mass is 15.2. The Morgan fingerprint density at radius 3 is 2.71 bits per heavy atom. The second kappa shape index (κ2) is 6.64. The molecule has 1 aromatic rings. The first-order valence-electron chi connectivity index (χ1n) is 6.41. The molecule has 0 aromatic carbocycles. The van der Waals surface area contributed by atoms with E-state index in [1.54, 1.807) is 0 Å². The molecule has 0 fully saturated rings. The van der Waals surface area contributed by atoms with Crippen molar-refractivity contribution in [1.82, 2.24) is 14.5 Å². The van der Waals surface area contributed by atoms with Gasteiger partial charge in [0.05, 0.1) is 5.69 Å². The molecule has 4 heteroatoms. The summed E-state index contributed by atoms with van der Waals surface area (Å²) in [6.07, 6.45) is 3.26. The molecule has 17 heavy (non-hydrogen) atoms. The lowest BCUT2D eigenvalue weighted by Crippen LogP contribution is -2.18. The largest absolute Gasteiger partial charge is 0.356 e. The fourth-order valence-electron chi connectivity index (χ4n) is 1.82. The number of aromatic nitrogens is 2. The first kappa shape index (κ1) is 14.0. The quantitative estimate of drug-likeness (QED) is 0.739. The molecule has 0 bridgehead atoms. The van der Waals surface area contributed by atoms with Gasteiger partial charge < -0.3 is 14.8 Å². The van der Waals surface area contributed by atoms with Gasteiger partial charge in [-0.05, 0) is 39.9 Å². The van der Waals surface area contributed by atoms with Crippen LogP contribution in [-0.4, -0.2) is 41.6 Å². The Morgan fingerprint density at radius 1 is 1.41 bits per heavy atom. The molecule has 1 rings (SSSR count). The summed E-state index contributed by atoms with van der Waals surface area (Å²) in [4.78, 5) is 6.72. The molecule has 0 aliphatic carbocycles. The van der Waals surface area contributed by atoms with E-state index in [9.17, 15) is 0 Å². The highest BCUT2D eigenvalue weighted by molar-refractivity contribution is 5.28. The second-order valence-corrected chi connectivity index (χ2v) is 5.34. The van der Waals surface area contributed by atoms with Gasteiger partial charge in [0.2, 0.25) is 5.95 Å². The maximum Gasteiger partial charge on any atom is 0.203 e. The van der Waals surface area contributed by atoms with Crippen LogP contribution in [0, 0.1) is 12.8 Å². The summed E-state index contributed by atoms with van der Waals surface area (Å²) in [7, 11) is 4.20. The Bertz CT molecular complexity index is 328. The number of hydrogen-bond acceptors (Lipinski definition) is 3. The minimum atomic E-state index is 0.644. The number of imidazole rings is 1. The van der Waals surface area contributed by atoms with E-state index in [0.29, 0.717) is 5.92 Å². The number of aryl methyl sites for hydroxylation is 1. The van der Waals surface area contributed by atoms with Gasteiger partial charge in [-0.2, -0.15) is 0 Å². The molecule has 0 atom stereocenters. The predicted molar refractivity (Wildman–Crippen MR) is 73.5 cm³/mol. The third-order valence-electron chi connectivity index (χ3n) is 2.52. The maximum atomic E-state index is 4.52. The molecule has 98 valence electrons. The smallest absolute Gasteiger partial charge is 0.203 e. The molecule has 0 unspecified atom stereocenters. The molecule has 0 saturated heterocycles. The minimum absolute atomic E-state index is 0.644. The van der Waals surface area contributed by atoms with Crippen molar-refractivity contribution in [2.45, 2.75) is 33.7 Å². The molecule has 1 heterocycles. The Morgan fingerprint density at radius 2 is 2.12 bits per heavy atom. The van der Waals surface area contributed by atoms with Crippen molar-refractivity contribution in [3.05, 3.63) is 11.9 Å². The van der Waals surface area contributed by atoms with Crippen molar-refractivity contribution in [2.24, 2.45) is 5.92 Å². The molecular weight excluding hydrogens is 212 g/mol. The number of hydrogen-bond donors (Lipinski definition) is 1. The van der Waals surface area contributed by atoms with E-state index in [2.05, 4.69) is 53.9 Å². The van der Waals surface area contributed by atoms with E-state index in [0.717, 1.165) is 37.7 Å². The van der Waals surface area contributed by atoms with Crippen molar-refractivity contribution in [2.75, 3.05) is 32.5 Å². The summed E-state index contributed by atoms with van der Waals surface area (Å²) in [5.41, 5.74) is 1.08. The topological polar surface area (TPSA) is 33.1 Å². The first-order chi connectivity index (χ1) is 7.99. The fraction of sp³-hybridized carbons (Fsp3) is 0.769. The molecule has 1 N–H and O–H groups in total. The summed E-state index contributed by atoms with van der Waals surface area (Å²) >= 11 is 0. The van der Waals surface area contributed by atoms with E-state index < -0.39 is 0 Å². The fourth-order valence-corrected chi connectivity index (χ4v) is 1.82. The van der Waals surface area contributed by atoms with Crippen LogP contribution < -0.4 is 5.32 Å². The van der Waals surface area contributed by atoms with Crippen LogP contribution in [0.3, 0.4) is 0 Å². The minimum Gasteiger partial charge on any atom is -0.356 e. The molecule has 0 aliphatic heterocycles. The zero-order chi connectivity index (χ0) is 12.8. The molecule has 1 aromatic heterocycles. The third kappa shape index (κ3) is 5.22. The van der Waals surface area contributed by atoms with E-state index in [1.165, 1.54) is 0 Å². The van der Waals surface area contributed by atoms with E-state index in [4.69, 9.17) is 0 Å². The van der Waals surface area contributed by atoms with Crippen LogP contribution in [0.2, 0.25) is 0 Å². The predicted octanol–water partition coefficient (Wildman–Crippen LogP) is 2.21. The lowest BCUT2D eigenvalue weighted by Gasteiger charge is -2.13. The van der Waals surface area contributed by atoms with Gasteiger partial charge in [0.25, 0.3) is 0 Å². The van der Waals surface area contributed by atoms with Gasteiger partial charge in [-0.25, -0.2) is 4.98 Å². The lowest BCUT2D eigenvalue weighted by atomic mass is 10.2. The summed E-state index contributed by atoms with van der Waals surface area (Å²) in [6, 6.07) is 0. The van der Waals surface area contributed by atoms with Gasteiger partial charge >= 0.3 is 0 Å². The van der Waals surface area contributed by atoms with Crippen LogP contribution in [0.25, 0.3) is 0 Å². The number of nitrogens with zero attached hydrogens (tertiary/aromatic N) is 3. The van der Waals surface area contributed by atoms with Gasteiger partial charge in [0, 0.05) is 19.3 Å². The maximum absolute atomic E-state index is 4.52. The molecule has 4 nitrogen and oxygen atoms in total. The zero-order valence-corrected chi connectivity index (χ0v) is 11.8. The number of anilines is 1. The van der Waals surface area contributed by atoms with Gasteiger partial charge in [0.1, 0.15) is 0 Å². The Balaban J connectivity index is 2.46. The van der Waals surface area contributed by atoms with Gasteiger partial charge in [0.15, 0.2) is 0 Å². The van der Waals surface area contributed by atoms with Crippen LogP contribution >= 0.6 is 0 Å². The van der Waals surface area contributed by atoms with Crippen LogP contribution in [0.15, 0.2) is 6.20 Å². The summed E-state index contributed by atoms with van der Waals surface area (Å²) in [5, 5.41) is 3.42. The van der Waals surface area contributed by atoms with Crippen molar-refractivity contribution in [1.29, 1.82) is 0 Å². The third-order valence-corrected chi connectivity index (χ3v) is 2.52. The van der Waals surface area contributed by atoms with E-state index >= 15 is 0 Å². The first-order valence-corrected chi connectivity index (χ1v) is 6.41. The lowest BCUT2D eigenvalue weighted by molar-refractivity contribution is 0.405. The van der Waals surface area contributed by atoms with Crippen molar-refractivity contribution in [3.8, 4) is 0 Å². The molecular formula is C13H26N4. The average molecular weight is 238 g/mol. The molecule has 0 amide bonds. The second-order valence-electron chi connectivity index (χ2n) is 5.34. The van der Waals surface area contributed by atoms with Crippen LogP contribution in [0.5, 0.6) is 0 Å². The molecule has 0 radical (unpaired) electrons. The van der Waals surface area contributed by atoms with Crippen molar-refractivity contribution in [3.63, 3.8) is 0 Å². The number of rotatable bonds is 7. The zero-order valence-electron chi connectivity index (χ0n) is 11.8. The van der Waals surface area contributed by atoms with E-state index in [1.807, 2.05) is 6.92 Å². The van der Waals surface area contributed by atoms with Gasteiger partial charge in [-0.1, -0.05) is 13.8 Å². The van der Waals surface area contributed by atoms with Crippen LogP contribution in [-0.2, 0) is 6.54 Å². The average Bonchev–Trinajstić information content (AvgIpc) is 2.52. The SMILES string of the molecule is Cc1cn(CC(C)C)c(NCCCN(C)C)n1. The highest BCUT2D eigenvalue weighted by Crippen LogP contribution is 2.11. The van der Waals surface area contributed by atoms with Gasteiger partial charge in [-0.3, -0.25) is 0 Å². The summed E-state index contributed by atoms with van der Waals surface area (Å²) < 4.78 is 2.22. The van der Waals surface area contributed by atoms with Crippen LogP contribution in [0.4, 0.5) is 5.95 Å². The van der Waals surface area contributed by atoms with Gasteiger partial charge in [-0.15, -0.1) is 0 Å². The molecule has 0 aliphatic rings. The Labute approximate surface area is 105 Å². The summed E-state index contributed by atoms with van der Waals surface area (Å²) in [6.45, 7) is 9.61. The number of nitrogens with one attached hydrogen (secondary N) is 1. The normalized spacial score (nSPS) is 11.5. The Hall–Kier alpha value is -1.03. The monoisotopic (exact) mass is 238 g/mol. The molecule has 0 spiro atoms. The Kier molecular flexibility index (Phi) is 5.48. The van der Waals surface area contributed by atoms with Crippen LogP contribution in [0.1, 0.15) is 26.0 Å². The molecule has 0 saturated carbocycles. The van der Waals surface area contributed by atoms with E-state index in [-0.39, 0.29) is 0 Å². The standard InChI is InChI=1S/C13H26N4/c1-11(2)9-17-10-12(3)15-13(17)14-7-6-8-16(4)5/h10-11H,6-9H2,1-5H3,(H,14,15).